The molecule has 0 saturated carbocycles. The maximum atomic E-state index is 13.4. The van der Waals surface area contributed by atoms with Crippen molar-refractivity contribution < 1.29 is 13.2 Å². The standard InChI is InChI=1S/C25H20F3N7/c1-15(16-6-3-2-4-7-16)31-23-30-12-10-19(32-23)22-21(34-24-33-20(29)11-13-35(22)24)17-8-5-9-18(14-17)25(26,27)28/h2-15H,1H3,(H2,29,33,34)(H,30,31,32)/t15-/m0/s1. The van der Waals surface area contributed by atoms with Crippen LogP contribution in [-0.2, 0) is 6.18 Å². The van der Waals surface area contributed by atoms with Crippen molar-refractivity contribution >= 4 is 17.5 Å². The van der Waals surface area contributed by atoms with Gasteiger partial charge in [-0.15, -0.1) is 0 Å². The number of anilines is 2. The lowest BCUT2D eigenvalue weighted by atomic mass is 10.0. The molecule has 0 saturated heterocycles. The second-order valence-electron chi connectivity index (χ2n) is 7.95. The molecule has 3 heterocycles. The number of rotatable bonds is 5. The molecule has 176 valence electrons. The molecule has 10 heteroatoms. The number of benzene rings is 2. The Labute approximate surface area is 198 Å². The van der Waals surface area contributed by atoms with Gasteiger partial charge in [0.05, 0.1) is 17.3 Å². The highest BCUT2D eigenvalue weighted by Gasteiger charge is 2.31. The highest BCUT2D eigenvalue weighted by atomic mass is 19.4. The molecule has 5 aromatic rings. The molecule has 5 rings (SSSR count). The molecule has 3 N–H and O–H groups in total. The molecule has 3 aromatic heterocycles. The summed E-state index contributed by atoms with van der Waals surface area (Å²) in [6.45, 7) is 1.99. The van der Waals surface area contributed by atoms with Crippen LogP contribution in [0.4, 0.5) is 24.9 Å². The van der Waals surface area contributed by atoms with Crippen molar-refractivity contribution in [1.29, 1.82) is 0 Å². The molecule has 0 spiro atoms. The summed E-state index contributed by atoms with van der Waals surface area (Å²) in [5.74, 6) is 0.858. The molecule has 0 unspecified atom stereocenters. The van der Waals surface area contributed by atoms with E-state index < -0.39 is 11.7 Å². The van der Waals surface area contributed by atoms with Crippen LogP contribution >= 0.6 is 0 Å². The zero-order valence-electron chi connectivity index (χ0n) is 18.5. The minimum Gasteiger partial charge on any atom is -0.384 e. The van der Waals surface area contributed by atoms with Gasteiger partial charge in [-0.05, 0) is 36.8 Å². The van der Waals surface area contributed by atoms with Crippen molar-refractivity contribution in [2.45, 2.75) is 19.1 Å². The van der Waals surface area contributed by atoms with Crippen LogP contribution in [-0.4, -0.2) is 24.3 Å². The number of aromatic nitrogens is 5. The normalized spacial score (nSPS) is 12.6. The molecule has 0 bridgehead atoms. The molecule has 0 aliphatic carbocycles. The zero-order valence-corrected chi connectivity index (χ0v) is 18.5. The molecule has 0 aliphatic heterocycles. The Bertz CT molecular complexity index is 1500. The van der Waals surface area contributed by atoms with Gasteiger partial charge >= 0.3 is 6.18 Å². The average molecular weight is 475 g/mol. The van der Waals surface area contributed by atoms with Gasteiger partial charge in [0.1, 0.15) is 17.2 Å². The first kappa shape index (κ1) is 22.3. The average Bonchev–Trinajstić information content (AvgIpc) is 3.23. The Morgan fingerprint density at radius 3 is 2.51 bits per heavy atom. The van der Waals surface area contributed by atoms with E-state index in [1.54, 1.807) is 35.0 Å². The maximum absolute atomic E-state index is 13.4. The van der Waals surface area contributed by atoms with Crippen molar-refractivity contribution in [2.75, 3.05) is 11.1 Å². The SMILES string of the molecule is C[C@H](Nc1nccc(-c2c(-c3cccc(C(F)(F)F)c3)nc3nc(N)ccn23)n1)c1ccccc1. The summed E-state index contributed by atoms with van der Waals surface area (Å²) >= 11 is 0. The molecular weight excluding hydrogens is 455 g/mol. The summed E-state index contributed by atoms with van der Waals surface area (Å²) in [7, 11) is 0. The van der Waals surface area contributed by atoms with Crippen LogP contribution in [0.2, 0.25) is 0 Å². The van der Waals surface area contributed by atoms with Gasteiger partial charge in [0.15, 0.2) is 0 Å². The van der Waals surface area contributed by atoms with E-state index in [0.29, 0.717) is 23.0 Å². The Balaban J connectivity index is 1.62. The summed E-state index contributed by atoms with van der Waals surface area (Å²) in [6, 6.07) is 18.0. The van der Waals surface area contributed by atoms with Crippen LogP contribution in [0, 0.1) is 0 Å². The van der Waals surface area contributed by atoms with Crippen molar-refractivity contribution in [2.24, 2.45) is 0 Å². The van der Waals surface area contributed by atoms with Crippen LogP contribution in [0.3, 0.4) is 0 Å². The quantitative estimate of drug-likeness (QED) is 0.342. The van der Waals surface area contributed by atoms with E-state index >= 15 is 0 Å². The predicted octanol–water partition coefficient (Wildman–Crippen LogP) is 5.63. The smallest absolute Gasteiger partial charge is 0.384 e. The summed E-state index contributed by atoms with van der Waals surface area (Å²) < 4.78 is 41.8. The Kier molecular flexibility index (Phi) is 5.56. The van der Waals surface area contributed by atoms with Crippen molar-refractivity contribution in [3.05, 3.63) is 90.3 Å². The number of hydrogen-bond acceptors (Lipinski definition) is 6. The van der Waals surface area contributed by atoms with Gasteiger partial charge in [-0.1, -0.05) is 42.5 Å². The van der Waals surface area contributed by atoms with E-state index in [-0.39, 0.29) is 23.2 Å². The van der Waals surface area contributed by atoms with E-state index in [2.05, 4.69) is 25.3 Å². The summed E-state index contributed by atoms with van der Waals surface area (Å²) in [6.07, 6.45) is -1.24. The van der Waals surface area contributed by atoms with Crippen LogP contribution in [0.15, 0.2) is 79.1 Å². The van der Waals surface area contributed by atoms with Crippen LogP contribution in [0.25, 0.3) is 28.4 Å². The fourth-order valence-electron chi connectivity index (χ4n) is 3.81. The minimum atomic E-state index is -4.49. The van der Waals surface area contributed by atoms with E-state index in [0.717, 1.165) is 17.7 Å². The molecule has 0 amide bonds. The zero-order chi connectivity index (χ0) is 24.6. The molecule has 2 aromatic carbocycles. The molecular formula is C25H20F3N7. The van der Waals surface area contributed by atoms with Crippen LogP contribution in [0.5, 0.6) is 0 Å². The van der Waals surface area contributed by atoms with Gasteiger partial charge in [-0.25, -0.2) is 15.0 Å². The number of halogens is 3. The maximum Gasteiger partial charge on any atom is 0.416 e. The molecule has 0 radical (unpaired) electrons. The second kappa shape index (κ2) is 8.71. The van der Waals surface area contributed by atoms with Crippen molar-refractivity contribution in [3.8, 4) is 22.6 Å². The van der Waals surface area contributed by atoms with Crippen molar-refractivity contribution in [3.63, 3.8) is 0 Å². The van der Waals surface area contributed by atoms with Gasteiger partial charge in [-0.3, -0.25) is 4.40 Å². The van der Waals surface area contributed by atoms with E-state index in [9.17, 15) is 13.2 Å². The Morgan fingerprint density at radius 2 is 1.74 bits per heavy atom. The number of hydrogen-bond donors (Lipinski definition) is 2. The fraction of sp³-hybridized carbons (Fsp3) is 0.120. The summed E-state index contributed by atoms with van der Waals surface area (Å²) in [4.78, 5) is 17.7. The largest absolute Gasteiger partial charge is 0.416 e. The Morgan fingerprint density at radius 1 is 0.943 bits per heavy atom. The lowest BCUT2D eigenvalue weighted by Crippen LogP contribution is -2.09. The fourth-order valence-corrected chi connectivity index (χ4v) is 3.81. The monoisotopic (exact) mass is 475 g/mol. The van der Waals surface area contributed by atoms with Gasteiger partial charge in [0.2, 0.25) is 11.7 Å². The molecule has 7 nitrogen and oxygen atoms in total. The first-order chi connectivity index (χ1) is 16.8. The van der Waals surface area contributed by atoms with Gasteiger partial charge in [-0.2, -0.15) is 18.2 Å². The predicted molar refractivity (Wildman–Crippen MR) is 127 cm³/mol. The van der Waals surface area contributed by atoms with E-state index in [1.165, 1.54) is 6.07 Å². The number of nitrogens with one attached hydrogen (secondary N) is 1. The molecule has 35 heavy (non-hydrogen) atoms. The van der Waals surface area contributed by atoms with Crippen LogP contribution < -0.4 is 11.1 Å². The lowest BCUT2D eigenvalue weighted by Gasteiger charge is -2.15. The Hall–Kier alpha value is -4.47. The number of nitrogens with two attached hydrogens (primary N) is 1. The third kappa shape index (κ3) is 4.50. The number of imidazole rings is 1. The lowest BCUT2D eigenvalue weighted by molar-refractivity contribution is -0.137. The van der Waals surface area contributed by atoms with Gasteiger partial charge in [0, 0.05) is 18.0 Å². The highest BCUT2D eigenvalue weighted by molar-refractivity contribution is 5.80. The number of fused-ring (bicyclic) bond motifs is 1. The van der Waals surface area contributed by atoms with E-state index in [1.807, 2.05) is 37.3 Å². The third-order valence-corrected chi connectivity index (χ3v) is 5.52. The molecule has 0 fully saturated rings. The van der Waals surface area contributed by atoms with E-state index in [4.69, 9.17) is 5.73 Å². The summed E-state index contributed by atoms with van der Waals surface area (Å²) in [5, 5.41) is 3.27. The number of nitrogen functional groups attached to an aromatic ring is 1. The summed E-state index contributed by atoms with van der Waals surface area (Å²) in [5.41, 5.74) is 7.64. The van der Waals surface area contributed by atoms with Crippen molar-refractivity contribution in [1.82, 2.24) is 24.3 Å². The number of nitrogens with zero attached hydrogens (tertiary/aromatic N) is 5. The first-order valence-corrected chi connectivity index (χ1v) is 10.8. The number of alkyl halides is 3. The third-order valence-electron chi connectivity index (χ3n) is 5.52. The molecule has 1 atom stereocenters. The van der Waals surface area contributed by atoms with Gasteiger partial charge < -0.3 is 11.1 Å². The topological polar surface area (TPSA) is 94.0 Å². The van der Waals surface area contributed by atoms with Crippen LogP contribution in [0.1, 0.15) is 24.1 Å². The second-order valence-corrected chi connectivity index (χ2v) is 7.95. The van der Waals surface area contributed by atoms with Gasteiger partial charge in [0.25, 0.3) is 0 Å². The minimum absolute atomic E-state index is 0.0713. The molecule has 0 aliphatic rings. The highest BCUT2D eigenvalue weighted by Crippen LogP contribution is 2.36. The first-order valence-electron chi connectivity index (χ1n) is 10.8.